The van der Waals surface area contributed by atoms with Gasteiger partial charge in [0.25, 0.3) is 5.91 Å². The Hall–Kier alpha value is -2.56. The molecule has 0 saturated carbocycles. The van der Waals surface area contributed by atoms with E-state index in [1.165, 1.54) is 0 Å². The summed E-state index contributed by atoms with van der Waals surface area (Å²) in [4.78, 5) is 16.1. The molecular formula is C16H20N4O. The van der Waals surface area contributed by atoms with Gasteiger partial charge in [0, 0.05) is 24.8 Å². The Balaban J connectivity index is 1.80. The molecule has 0 bridgehead atoms. The van der Waals surface area contributed by atoms with Crippen LogP contribution in [0.2, 0.25) is 0 Å². The van der Waals surface area contributed by atoms with Gasteiger partial charge in [-0.3, -0.25) is 4.79 Å². The molecule has 0 aliphatic rings. The molecule has 21 heavy (non-hydrogen) atoms. The first-order valence-corrected chi connectivity index (χ1v) is 6.88. The van der Waals surface area contributed by atoms with E-state index in [-0.39, 0.29) is 5.91 Å². The summed E-state index contributed by atoms with van der Waals surface area (Å²) >= 11 is 0. The first kappa shape index (κ1) is 14.8. The second-order valence-electron chi connectivity index (χ2n) is 4.94. The highest BCUT2D eigenvalue weighted by atomic mass is 16.1. The first-order valence-electron chi connectivity index (χ1n) is 6.88. The lowest BCUT2D eigenvalue weighted by atomic mass is 10.1. The quantitative estimate of drug-likeness (QED) is 0.735. The van der Waals surface area contributed by atoms with Gasteiger partial charge in [-0.25, -0.2) is 4.98 Å². The zero-order valence-corrected chi connectivity index (χ0v) is 12.3. The van der Waals surface area contributed by atoms with E-state index in [4.69, 9.17) is 5.73 Å². The highest BCUT2D eigenvalue weighted by Gasteiger charge is 2.05. The summed E-state index contributed by atoms with van der Waals surface area (Å²) < 4.78 is 0. The Bertz CT molecular complexity index is 623. The van der Waals surface area contributed by atoms with Gasteiger partial charge in [0.2, 0.25) is 0 Å². The Morgan fingerprint density at radius 3 is 2.57 bits per heavy atom. The second-order valence-corrected chi connectivity index (χ2v) is 4.94. The number of aryl methyl sites for hydroxylation is 2. The number of nitrogens with two attached hydrogens (primary N) is 1. The molecule has 4 N–H and O–H groups in total. The molecule has 5 heteroatoms. The van der Waals surface area contributed by atoms with Crippen LogP contribution >= 0.6 is 0 Å². The highest BCUT2D eigenvalue weighted by molar-refractivity contribution is 5.94. The zero-order chi connectivity index (χ0) is 15.2. The minimum Gasteiger partial charge on any atom is -0.396 e. The third-order valence-electron chi connectivity index (χ3n) is 3.22. The average molecular weight is 284 g/mol. The molecule has 0 fully saturated rings. The molecule has 1 aromatic carbocycles. The number of nitrogen functional groups attached to an aromatic ring is 1. The van der Waals surface area contributed by atoms with Crippen LogP contribution in [-0.2, 0) is 0 Å². The molecule has 1 aromatic heterocycles. The van der Waals surface area contributed by atoms with E-state index in [2.05, 4.69) is 15.6 Å². The summed E-state index contributed by atoms with van der Waals surface area (Å²) in [6.45, 7) is 4.99. The van der Waals surface area contributed by atoms with Crippen molar-refractivity contribution in [2.45, 2.75) is 13.8 Å². The minimum atomic E-state index is -0.0815. The van der Waals surface area contributed by atoms with Crippen LogP contribution in [0.3, 0.4) is 0 Å². The van der Waals surface area contributed by atoms with Crippen molar-refractivity contribution in [3.8, 4) is 0 Å². The third kappa shape index (κ3) is 3.95. The maximum Gasteiger partial charge on any atom is 0.251 e. The molecule has 0 atom stereocenters. The van der Waals surface area contributed by atoms with Crippen molar-refractivity contribution < 1.29 is 4.79 Å². The summed E-state index contributed by atoms with van der Waals surface area (Å²) in [5.74, 6) is 0.571. The van der Waals surface area contributed by atoms with Crippen LogP contribution in [0, 0.1) is 13.8 Å². The van der Waals surface area contributed by atoms with Crippen molar-refractivity contribution in [2.75, 3.05) is 24.1 Å². The molecule has 5 nitrogen and oxygen atoms in total. The lowest BCUT2D eigenvalue weighted by Crippen LogP contribution is -2.29. The van der Waals surface area contributed by atoms with Crippen LogP contribution in [0.4, 0.5) is 11.5 Å². The Morgan fingerprint density at radius 2 is 1.86 bits per heavy atom. The summed E-state index contributed by atoms with van der Waals surface area (Å²) in [6.07, 6.45) is 1.71. The van der Waals surface area contributed by atoms with Gasteiger partial charge < -0.3 is 16.4 Å². The van der Waals surface area contributed by atoms with Crippen LogP contribution in [0.15, 0.2) is 36.5 Å². The van der Waals surface area contributed by atoms with Crippen LogP contribution in [0.1, 0.15) is 21.5 Å². The summed E-state index contributed by atoms with van der Waals surface area (Å²) in [5, 5.41) is 5.97. The molecule has 0 spiro atoms. The number of nitrogens with zero attached hydrogens (tertiary/aromatic N) is 1. The number of rotatable bonds is 5. The molecule has 0 radical (unpaired) electrons. The van der Waals surface area contributed by atoms with Gasteiger partial charge >= 0.3 is 0 Å². The number of hydrogen-bond donors (Lipinski definition) is 3. The van der Waals surface area contributed by atoms with Gasteiger partial charge in [-0.2, -0.15) is 0 Å². The summed E-state index contributed by atoms with van der Waals surface area (Å²) in [7, 11) is 0. The molecule has 0 unspecified atom stereocenters. The van der Waals surface area contributed by atoms with Crippen LogP contribution in [-0.4, -0.2) is 24.0 Å². The van der Waals surface area contributed by atoms with Crippen molar-refractivity contribution >= 4 is 17.4 Å². The largest absolute Gasteiger partial charge is 0.396 e. The Kier molecular flexibility index (Phi) is 4.77. The number of hydrogen-bond acceptors (Lipinski definition) is 4. The number of benzene rings is 1. The second kappa shape index (κ2) is 6.74. The lowest BCUT2D eigenvalue weighted by molar-refractivity contribution is 0.0955. The van der Waals surface area contributed by atoms with Gasteiger partial charge in [-0.15, -0.1) is 0 Å². The van der Waals surface area contributed by atoms with E-state index in [1.807, 2.05) is 44.2 Å². The van der Waals surface area contributed by atoms with E-state index in [9.17, 15) is 4.79 Å². The van der Waals surface area contributed by atoms with E-state index in [0.717, 1.165) is 11.1 Å². The number of carbonyl (C=O) groups is 1. The third-order valence-corrected chi connectivity index (χ3v) is 3.22. The molecule has 2 rings (SSSR count). The van der Waals surface area contributed by atoms with Crippen LogP contribution < -0.4 is 16.4 Å². The normalized spacial score (nSPS) is 10.2. The zero-order valence-electron chi connectivity index (χ0n) is 12.3. The Labute approximate surface area is 124 Å². The highest BCUT2D eigenvalue weighted by Crippen LogP contribution is 2.17. The molecule has 0 aliphatic carbocycles. The minimum absolute atomic E-state index is 0.0815. The van der Waals surface area contributed by atoms with Crippen LogP contribution in [0.25, 0.3) is 0 Å². The molecule has 110 valence electrons. The predicted molar refractivity (Wildman–Crippen MR) is 85.4 cm³/mol. The van der Waals surface area contributed by atoms with Gasteiger partial charge in [-0.1, -0.05) is 17.7 Å². The fraction of sp³-hybridized carbons (Fsp3) is 0.250. The fourth-order valence-electron chi connectivity index (χ4n) is 1.87. The Morgan fingerprint density at radius 1 is 1.14 bits per heavy atom. The van der Waals surface area contributed by atoms with Crippen molar-refractivity contribution in [2.24, 2.45) is 0 Å². The maximum absolute atomic E-state index is 11.9. The first-order chi connectivity index (χ1) is 10.1. The van der Waals surface area contributed by atoms with Gasteiger partial charge in [0.1, 0.15) is 5.82 Å². The number of carbonyl (C=O) groups excluding carboxylic acids is 1. The number of anilines is 2. The predicted octanol–water partition coefficient (Wildman–Crippen LogP) is 2.12. The van der Waals surface area contributed by atoms with E-state index >= 15 is 0 Å². The smallest absolute Gasteiger partial charge is 0.251 e. The van der Waals surface area contributed by atoms with E-state index in [1.54, 1.807) is 6.20 Å². The van der Waals surface area contributed by atoms with Crippen molar-refractivity contribution in [3.63, 3.8) is 0 Å². The fourth-order valence-corrected chi connectivity index (χ4v) is 1.87. The van der Waals surface area contributed by atoms with Crippen LogP contribution in [0.5, 0.6) is 0 Å². The van der Waals surface area contributed by atoms with E-state index in [0.29, 0.717) is 30.2 Å². The molecule has 2 aromatic rings. The van der Waals surface area contributed by atoms with Crippen molar-refractivity contribution in [1.82, 2.24) is 10.3 Å². The number of aromatic nitrogens is 1. The average Bonchev–Trinajstić information content (AvgIpc) is 2.48. The van der Waals surface area contributed by atoms with Crippen molar-refractivity contribution in [1.29, 1.82) is 0 Å². The molecule has 1 amide bonds. The maximum atomic E-state index is 11.9. The molecule has 0 saturated heterocycles. The molecule has 1 heterocycles. The van der Waals surface area contributed by atoms with Gasteiger partial charge in [0.15, 0.2) is 0 Å². The monoisotopic (exact) mass is 284 g/mol. The summed E-state index contributed by atoms with van der Waals surface area (Å²) in [6, 6.07) is 9.34. The molecule has 0 aliphatic heterocycles. The van der Waals surface area contributed by atoms with E-state index < -0.39 is 0 Å². The lowest BCUT2D eigenvalue weighted by Gasteiger charge is -2.10. The van der Waals surface area contributed by atoms with Crippen molar-refractivity contribution in [3.05, 3.63) is 53.2 Å². The van der Waals surface area contributed by atoms with Gasteiger partial charge in [0.05, 0.1) is 5.69 Å². The van der Waals surface area contributed by atoms with Gasteiger partial charge in [-0.05, 0) is 37.6 Å². The number of amides is 1. The number of pyridine rings is 1. The molecular weight excluding hydrogens is 264 g/mol. The topological polar surface area (TPSA) is 80.0 Å². The standard InChI is InChI=1S/C16H20N4O/c1-11-3-5-13(6-4-11)16(21)20-10-9-19-15-14(17)12(2)7-8-18-15/h3-8H,9-10,17H2,1-2H3,(H,18,19)(H,20,21). The number of nitrogens with one attached hydrogen (secondary N) is 2. The SMILES string of the molecule is Cc1ccc(C(=O)NCCNc2nccc(C)c2N)cc1. The summed E-state index contributed by atoms with van der Waals surface area (Å²) in [5.41, 5.74) is 9.34.